The van der Waals surface area contributed by atoms with Crippen molar-refractivity contribution in [3.8, 4) is 5.75 Å². The molecular weight excluding hydrogens is 222 g/mol. The van der Waals surface area contributed by atoms with E-state index in [0.29, 0.717) is 11.1 Å². The predicted octanol–water partition coefficient (Wildman–Crippen LogP) is 2.84. The van der Waals surface area contributed by atoms with Gasteiger partial charge in [0.05, 0.1) is 0 Å². The van der Waals surface area contributed by atoms with Crippen molar-refractivity contribution in [3.63, 3.8) is 0 Å². The van der Waals surface area contributed by atoms with Crippen LogP contribution in [0, 0.1) is 5.92 Å². The number of alkyl halides is 1. The molecule has 1 aliphatic carbocycles. The number of benzene rings is 1. The number of phenols is 1. The number of aromatic hydroxyl groups is 1. The highest BCUT2D eigenvalue weighted by atomic mass is 35.5. The summed E-state index contributed by atoms with van der Waals surface area (Å²) in [6.07, 6.45) is 2.29. The number of hydrogen-bond acceptors (Lipinski definition) is 2. The van der Waals surface area contributed by atoms with Gasteiger partial charge in [-0.1, -0.05) is 12.1 Å². The molecule has 0 bridgehead atoms. The van der Waals surface area contributed by atoms with E-state index in [0.717, 1.165) is 37.4 Å². The largest absolute Gasteiger partial charge is 0.508 e. The van der Waals surface area contributed by atoms with Gasteiger partial charge in [0.1, 0.15) is 5.75 Å². The zero-order chi connectivity index (χ0) is 11.5. The molecule has 0 saturated heterocycles. The summed E-state index contributed by atoms with van der Waals surface area (Å²) in [5.74, 6) is 1.10. The Balaban J connectivity index is 1.80. The highest BCUT2D eigenvalue weighted by Gasteiger charge is 2.27. The molecule has 0 heterocycles. The van der Waals surface area contributed by atoms with Crippen LogP contribution in [0.1, 0.15) is 18.4 Å². The van der Waals surface area contributed by atoms with Gasteiger partial charge in [-0.3, -0.25) is 0 Å². The van der Waals surface area contributed by atoms with Crippen molar-refractivity contribution in [1.82, 2.24) is 4.90 Å². The van der Waals surface area contributed by atoms with E-state index in [9.17, 15) is 5.11 Å². The van der Waals surface area contributed by atoms with E-state index in [1.54, 1.807) is 6.07 Å². The first-order chi connectivity index (χ1) is 7.63. The van der Waals surface area contributed by atoms with Crippen molar-refractivity contribution in [2.24, 2.45) is 5.92 Å². The van der Waals surface area contributed by atoms with Crippen LogP contribution in [0.2, 0.25) is 0 Å². The zero-order valence-electron chi connectivity index (χ0n) is 9.56. The average Bonchev–Trinajstić information content (AvgIpc) is 2.15. The van der Waals surface area contributed by atoms with E-state index >= 15 is 0 Å². The first-order valence-electron chi connectivity index (χ1n) is 5.74. The Hall–Kier alpha value is -0.730. The fourth-order valence-electron chi connectivity index (χ4n) is 2.28. The maximum Gasteiger partial charge on any atom is 0.115 e. The van der Waals surface area contributed by atoms with Gasteiger partial charge in [0, 0.05) is 18.5 Å². The van der Waals surface area contributed by atoms with Crippen LogP contribution in [0.4, 0.5) is 0 Å². The standard InChI is InChI=1S/C13H18ClNO/c1-15(9-11-5-12(14)6-11)8-10-3-2-4-13(16)7-10/h2-4,7,11-12,16H,5-6,8-9H2,1H3. The van der Waals surface area contributed by atoms with Gasteiger partial charge in [-0.05, 0) is 43.5 Å². The molecule has 1 fully saturated rings. The molecule has 1 saturated carbocycles. The maximum absolute atomic E-state index is 9.36. The summed E-state index contributed by atoms with van der Waals surface area (Å²) < 4.78 is 0. The van der Waals surface area contributed by atoms with Gasteiger partial charge in [0.25, 0.3) is 0 Å². The third kappa shape index (κ3) is 3.13. The topological polar surface area (TPSA) is 23.5 Å². The quantitative estimate of drug-likeness (QED) is 0.817. The Morgan fingerprint density at radius 1 is 1.44 bits per heavy atom. The Labute approximate surface area is 102 Å². The molecule has 0 aromatic heterocycles. The second kappa shape index (κ2) is 5.07. The van der Waals surface area contributed by atoms with Crippen molar-refractivity contribution in [2.45, 2.75) is 24.8 Å². The van der Waals surface area contributed by atoms with Gasteiger partial charge in [0.15, 0.2) is 0 Å². The third-order valence-corrected chi connectivity index (χ3v) is 3.47. The Bertz CT molecular complexity index is 350. The first-order valence-corrected chi connectivity index (χ1v) is 6.17. The van der Waals surface area contributed by atoms with Crippen molar-refractivity contribution in [2.75, 3.05) is 13.6 Å². The van der Waals surface area contributed by atoms with E-state index in [1.165, 1.54) is 0 Å². The van der Waals surface area contributed by atoms with Crippen LogP contribution in [-0.4, -0.2) is 29.0 Å². The summed E-state index contributed by atoms with van der Waals surface area (Å²) in [6, 6.07) is 7.45. The molecule has 3 heteroatoms. The van der Waals surface area contributed by atoms with E-state index < -0.39 is 0 Å². The maximum atomic E-state index is 9.36. The van der Waals surface area contributed by atoms with Crippen LogP contribution in [-0.2, 0) is 6.54 Å². The van der Waals surface area contributed by atoms with Gasteiger partial charge in [-0.15, -0.1) is 11.6 Å². The molecule has 1 aromatic rings. The molecule has 1 aliphatic rings. The van der Waals surface area contributed by atoms with Gasteiger partial charge in [-0.25, -0.2) is 0 Å². The number of nitrogens with zero attached hydrogens (tertiary/aromatic N) is 1. The number of hydrogen-bond donors (Lipinski definition) is 1. The molecule has 1 N–H and O–H groups in total. The van der Waals surface area contributed by atoms with Crippen LogP contribution in [0.25, 0.3) is 0 Å². The highest BCUT2D eigenvalue weighted by molar-refractivity contribution is 6.21. The first kappa shape index (κ1) is 11.7. The summed E-state index contributed by atoms with van der Waals surface area (Å²) in [7, 11) is 2.12. The number of phenolic OH excluding ortho intramolecular Hbond substituents is 1. The highest BCUT2D eigenvalue weighted by Crippen LogP contribution is 2.32. The van der Waals surface area contributed by atoms with E-state index in [2.05, 4.69) is 11.9 Å². The monoisotopic (exact) mass is 239 g/mol. The van der Waals surface area contributed by atoms with Crippen LogP contribution < -0.4 is 0 Å². The lowest BCUT2D eigenvalue weighted by Crippen LogP contribution is -2.34. The zero-order valence-corrected chi connectivity index (χ0v) is 10.3. The minimum atomic E-state index is 0.343. The summed E-state index contributed by atoms with van der Waals surface area (Å²) in [5, 5.41) is 9.77. The molecule has 0 spiro atoms. The molecule has 0 radical (unpaired) electrons. The molecule has 16 heavy (non-hydrogen) atoms. The minimum Gasteiger partial charge on any atom is -0.508 e. The number of rotatable bonds is 4. The second-order valence-electron chi connectivity index (χ2n) is 4.80. The van der Waals surface area contributed by atoms with E-state index in [1.807, 2.05) is 18.2 Å². The van der Waals surface area contributed by atoms with E-state index in [-0.39, 0.29) is 0 Å². The van der Waals surface area contributed by atoms with Crippen molar-refractivity contribution in [3.05, 3.63) is 29.8 Å². The van der Waals surface area contributed by atoms with Gasteiger partial charge in [0.2, 0.25) is 0 Å². The van der Waals surface area contributed by atoms with Crippen LogP contribution in [0.5, 0.6) is 5.75 Å². The smallest absolute Gasteiger partial charge is 0.115 e. The average molecular weight is 240 g/mol. The molecule has 88 valence electrons. The molecule has 1 aromatic carbocycles. The van der Waals surface area contributed by atoms with Crippen molar-refractivity contribution < 1.29 is 5.11 Å². The molecule has 0 unspecified atom stereocenters. The Morgan fingerprint density at radius 3 is 2.81 bits per heavy atom. The van der Waals surface area contributed by atoms with Crippen molar-refractivity contribution >= 4 is 11.6 Å². The second-order valence-corrected chi connectivity index (χ2v) is 5.42. The molecule has 0 aliphatic heterocycles. The van der Waals surface area contributed by atoms with Crippen LogP contribution in [0.3, 0.4) is 0 Å². The fourth-order valence-corrected chi connectivity index (χ4v) is 2.78. The van der Waals surface area contributed by atoms with E-state index in [4.69, 9.17) is 11.6 Å². The summed E-state index contributed by atoms with van der Waals surface area (Å²) in [5.41, 5.74) is 1.16. The molecule has 2 nitrogen and oxygen atoms in total. The van der Waals surface area contributed by atoms with Crippen molar-refractivity contribution in [1.29, 1.82) is 0 Å². The molecule has 0 amide bonds. The predicted molar refractivity (Wildman–Crippen MR) is 66.8 cm³/mol. The third-order valence-electron chi connectivity index (χ3n) is 3.11. The normalized spacial score (nSPS) is 24.4. The summed E-state index contributed by atoms with van der Waals surface area (Å²) in [4.78, 5) is 2.29. The lowest BCUT2D eigenvalue weighted by atomic mass is 9.84. The van der Waals surface area contributed by atoms with Gasteiger partial charge >= 0.3 is 0 Å². The number of halogens is 1. The molecular formula is C13H18ClNO. The Kier molecular flexibility index (Phi) is 3.72. The van der Waals surface area contributed by atoms with Crippen LogP contribution in [0.15, 0.2) is 24.3 Å². The summed E-state index contributed by atoms with van der Waals surface area (Å²) >= 11 is 5.96. The molecule has 0 atom stereocenters. The van der Waals surface area contributed by atoms with Crippen LogP contribution >= 0.6 is 11.6 Å². The lowest BCUT2D eigenvalue weighted by molar-refractivity contribution is 0.204. The Morgan fingerprint density at radius 2 is 2.19 bits per heavy atom. The SMILES string of the molecule is CN(Cc1cccc(O)c1)CC1CC(Cl)C1. The summed E-state index contributed by atoms with van der Waals surface area (Å²) in [6.45, 7) is 1.98. The lowest BCUT2D eigenvalue weighted by Gasteiger charge is -2.34. The molecule has 2 rings (SSSR count). The fraction of sp³-hybridized carbons (Fsp3) is 0.538. The van der Waals surface area contributed by atoms with Gasteiger partial charge < -0.3 is 10.0 Å². The van der Waals surface area contributed by atoms with Gasteiger partial charge in [-0.2, -0.15) is 0 Å². The minimum absolute atomic E-state index is 0.343.